The number of nitrogens with zero attached hydrogens (tertiary/aromatic N) is 2. The van der Waals surface area contributed by atoms with Crippen LogP contribution in [-0.2, 0) is 21.2 Å². The van der Waals surface area contributed by atoms with Gasteiger partial charge >= 0.3 is 29.5 Å². The molecule has 0 spiro atoms. The van der Waals surface area contributed by atoms with Crippen LogP contribution in [0, 0.1) is 0 Å². The van der Waals surface area contributed by atoms with E-state index in [0.29, 0.717) is 0 Å². The summed E-state index contributed by atoms with van der Waals surface area (Å²) >= 11 is -5.25. The van der Waals surface area contributed by atoms with Crippen molar-refractivity contribution in [3.63, 3.8) is 0 Å². The molecule has 1 heterocycles. The third kappa shape index (κ3) is 9.09. The third-order valence-corrected chi connectivity index (χ3v) is 1.18. The predicted octanol–water partition coefficient (Wildman–Crippen LogP) is -0.207. The van der Waals surface area contributed by atoms with Crippen LogP contribution >= 0.6 is 0 Å². The van der Waals surface area contributed by atoms with Crippen molar-refractivity contribution in [1.82, 2.24) is 4.98 Å². The fourth-order valence-electron chi connectivity index (χ4n) is 0.642. The van der Waals surface area contributed by atoms with E-state index in [-0.39, 0.29) is 0 Å². The molecule has 0 unspecified atom stereocenters. The number of hydrogen-bond acceptors (Lipinski definition) is 4. The number of rotatable bonds is 1. The van der Waals surface area contributed by atoms with Gasteiger partial charge in [0.15, 0.2) is 0 Å². The Morgan fingerprint density at radius 3 is 1.79 bits per heavy atom. The van der Waals surface area contributed by atoms with Gasteiger partial charge in [-0.25, -0.2) is 0 Å². The van der Waals surface area contributed by atoms with Crippen molar-refractivity contribution < 1.29 is 29.5 Å². The van der Waals surface area contributed by atoms with E-state index in [1.54, 1.807) is 12.4 Å². The molecule has 1 aromatic heterocycles. The molecular formula is C7H12CrN2O4. The Morgan fingerprint density at radius 2 is 1.57 bits per heavy atom. The summed E-state index contributed by atoms with van der Waals surface area (Å²) in [6.07, 6.45) is 3.57. The topological polar surface area (TPSA) is 90.7 Å². The molecule has 0 bridgehead atoms. The average molecular weight is 240 g/mol. The average Bonchev–Trinajstić information content (AvgIpc) is 2.03. The van der Waals surface area contributed by atoms with Crippen molar-refractivity contribution >= 4 is 5.69 Å². The Morgan fingerprint density at radius 1 is 1.21 bits per heavy atom. The van der Waals surface area contributed by atoms with Crippen molar-refractivity contribution in [1.29, 1.82) is 0 Å². The van der Waals surface area contributed by atoms with Gasteiger partial charge in [-0.1, -0.05) is 0 Å². The maximum absolute atomic E-state index is 8.82. The van der Waals surface area contributed by atoms with Gasteiger partial charge in [0.2, 0.25) is 0 Å². The number of anilines is 1. The van der Waals surface area contributed by atoms with Crippen LogP contribution in [0.25, 0.3) is 0 Å². The second-order valence-electron chi connectivity index (χ2n) is 2.55. The monoisotopic (exact) mass is 240 g/mol. The molecule has 7 heteroatoms. The van der Waals surface area contributed by atoms with E-state index in [0.717, 1.165) is 0 Å². The quantitative estimate of drug-likeness (QED) is 0.706. The molecule has 0 amide bonds. The molecule has 0 aliphatic carbocycles. The Bertz CT molecular complexity index is 341. The van der Waals surface area contributed by atoms with Gasteiger partial charge in [0.05, 0.1) is 0 Å². The van der Waals surface area contributed by atoms with Gasteiger partial charge < -0.3 is 4.90 Å². The summed E-state index contributed by atoms with van der Waals surface area (Å²) in [5.74, 6) is 0. The zero-order valence-corrected chi connectivity index (χ0v) is 9.10. The number of aromatic nitrogens is 1. The molecule has 0 fully saturated rings. The van der Waals surface area contributed by atoms with Crippen LogP contribution in [0.4, 0.5) is 5.69 Å². The molecule has 0 aliphatic rings. The van der Waals surface area contributed by atoms with Crippen LogP contribution in [0.1, 0.15) is 0 Å². The van der Waals surface area contributed by atoms with Crippen LogP contribution in [-0.4, -0.2) is 27.4 Å². The van der Waals surface area contributed by atoms with Crippen molar-refractivity contribution in [3.05, 3.63) is 24.5 Å². The fraction of sp³-hybridized carbons (Fsp3) is 0.286. The summed E-state index contributed by atoms with van der Waals surface area (Å²) in [6, 6.07) is 3.94. The van der Waals surface area contributed by atoms with Crippen molar-refractivity contribution in [2.45, 2.75) is 0 Å². The fourth-order valence-corrected chi connectivity index (χ4v) is 0.642. The first kappa shape index (κ1) is 13.0. The Labute approximate surface area is 84.2 Å². The minimum absolute atomic E-state index is 1.19. The Balaban J connectivity index is 0.000000292. The molecule has 0 aliphatic heterocycles. The molecule has 0 atom stereocenters. The van der Waals surface area contributed by atoms with Crippen molar-refractivity contribution in [3.8, 4) is 0 Å². The standard InChI is InChI=1S/C7H10N2.Cr.2H2O.2O/c1-9(2)7-3-5-8-6-4-7;;;;;/h3-6H,1-2H3;;2*1H2;;/q;+2;;;;/p-2. The summed E-state index contributed by atoms with van der Waals surface area (Å²) in [5.41, 5.74) is 1.19. The Kier molecular flexibility index (Phi) is 5.27. The van der Waals surface area contributed by atoms with Gasteiger partial charge in [-0.05, 0) is 12.1 Å². The van der Waals surface area contributed by atoms with E-state index in [9.17, 15) is 0 Å². The van der Waals surface area contributed by atoms with Gasteiger partial charge in [-0.2, -0.15) is 0 Å². The second kappa shape index (κ2) is 5.67. The van der Waals surface area contributed by atoms with Gasteiger partial charge in [0, 0.05) is 32.2 Å². The van der Waals surface area contributed by atoms with Crippen LogP contribution in [0.2, 0.25) is 0 Å². The van der Waals surface area contributed by atoms with E-state index in [2.05, 4.69) is 4.98 Å². The van der Waals surface area contributed by atoms with E-state index >= 15 is 0 Å². The molecular weight excluding hydrogens is 228 g/mol. The predicted molar refractivity (Wildman–Crippen MR) is 44.4 cm³/mol. The third-order valence-electron chi connectivity index (χ3n) is 1.18. The van der Waals surface area contributed by atoms with Gasteiger partial charge in [-0.15, -0.1) is 0 Å². The molecule has 0 saturated carbocycles. The van der Waals surface area contributed by atoms with Crippen molar-refractivity contribution in [2.75, 3.05) is 19.0 Å². The van der Waals surface area contributed by atoms with E-state index in [1.165, 1.54) is 5.69 Å². The number of hydrogen-bond donors (Lipinski definition) is 2. The van der Waals surface area contributed by atoms with Crippen LogP contribution in [0.5, 0.6) is 0 Å². The van der Waals surface area contributed by atoms with Crippen molar-refractivity contribution in [2.24, 2.45) is 0 Å². The SMILES string of the molecule is CN(C)c1ccncc1.[O]=[Cr](=[O])([OH])[OH]. The molecule has 1 rings (SSSR count). The molecule has 14 heavy (non-hydrogen) atoms. The van der Waals surface area contributed by atoms with E-state index in [4.69, 9.17) is 15.9 Å². The second-order valence-corrected chi connectivity index (χ2v) is 3.95. The van der Waals surface area contributed by atoms with Gasteiger partial charge in [0.25, 0.3) is 0 Å². The summed E-state index contributed by atoms with van der Waals surface area (Å²) < 4.78 is 31.9. The normalized spacial score (nSPS) is 10.0. The summed E-state index contributed by atoms with van der Waals surface area (Å²) in [7, 11) is 4.02. The van der Waals surface area contributed by atoms with E-state index in [1.807, 2.05) is 31.1 Å². The van der Waals surface area contributed by atoms with Crippen LogP contribution in [0.15, 0.2) is 24.5 Å². The first-order valence-electron chi connectivity index (χ1n) is 3.58. The van der Waals surface area contributed by atoms with Crippen LogP contribution in [0.3, 0.4) is 0 Å². The van der Waals surface area contributed by atoms with Gasteiger partial charge in [-0.3, -0.25) is 4.98 Å². The minimum atomic E-state index is -5.25. The summed E-state index contributed by atoms with van der Waals surface area (Å²) in [5, 5.41) is 0. The maximum atomic E-state index is 8.82. The van der Waals surface area contributed by atoms with Crippen LogP contribution < -0.4 is 4.90 Å². The zero-order valence-electron chi connectivity index (χ0n) is 7.82. The summed E-state index contributed by atoms with van der Waals surface area (Å²) in [6.45, 7) is 0. The molecule has 80 valence electrons. The first-order valence-corrected chi connectivity index (χ1v) is 5.76. The first-order chi connectivity index (χ1) is 6.30. The number of pyridine rings is 1. The zero-order chi connectivity index (χ0) is 11.2. The molecule has 6 nitrogen and oxygen atoms in total. The van der Waals surface area contributed by atoms with Gasteiger partial charge in [0.1, 0.15) is 0 Å². The molecule has 0 aromatic carbocycles. The molecule has 0 radical (unpaired) electrons. The van der Waals surface area contributed by atoms with E-state index < -0.39 is 13.6 Å². The molecule has 1 aromatic rings. The molecule has 0 saturated heterocycles. The summed E-state index contributed by atoms with van der Waals surface area (Å²) in [4.78, 5) is 5.94. The molecule has 2 N–H and O–H groups in total. The Hall–Kier alpha value is -0.998.